The minimum absolute atomic E-state index is 0.402. The standard InChI is InChI=1S/C10H15FN2/c1-4-13(3)7-9-5-6-10(11)12-8(9)2/h5-6H,4,7H2,1-3H3. The summed E-state index contributed by atoms with van der Waals surface area (Å²) in [6, 6.07) is 3.20. The van der Waals surface area contributed by atoms with Gasteiger partial charge in [0, 0.05) is 12.2 Å². The molecule has 1 aromatic heterocycles. The highest BCUT2D eigenvalue weighted by atomic mass is 19.1. The molecular weight excluding hydrogens is 167 g/mol. The van der Waals surface area contributed by atoms with Crippen LogP contribution >= 0.6 is 0 Å². The molecule has 1 rings (SSSR count). The van der Waals surface area contributed by atoms with Gasteiger partial charge in [0.05, 0.1) is 0 Å². The summed E-state index contributed by atoms with van der Waals surface area (Å²) in [6.45, 7) is 5.74. The van der Waals surface area contributed by atoms with Crippen LogP contribution in [-0.4, -0.2) is 23.5 Å². The second-order valence-electron chi connectivity index (χ2n) is 3.21. The van der Waals surface area contributed by atoms with Crippen LogP contribution in [0.4, 0.5) is 4.39 Å². The SMILES string of the molecule is CCN(C)Cc1ccc(F)nc1C. The smallest absolute Gasteiger partial charge is 0.213 e. The molecular formula is C10H15FN2. The van der Waals surface area contributed by atoms with Crippen LogP contribution in [0.2, 0.25) is 0 Å². The molecule has 0 spiro atoms. The molecule has 0 unspecified atom stereocenters. The second kappa shape index (κ2) is 4.33. The monoisotopic (exact) mass is 182 g/mol. The van der Waals surface area contributed by atoms with Crippen LogP contribution in [0.5, 0.6) is 0 Å². The van der Waals surface area contributed by atoms with Crippen molar-refractivity contribution >= 4 is 0 Å². The van der Waals surface area contributed by atoms with Crippen LogP contribution < -0.4 is 0 Å². The number of aryl methyl sites for hydroxylation is 1. The first-order valence-corrected chi connectivity index (χ1v) is 4.44. The van der Waals surface area contributed by atoms with E-state index in [-0.39, 0.29) is 0 Å². The van der Waals surface area contributed by atoms with Crippen molar-refractivity contribution in [2.24, 2.45) is 0 Å². The molecule has 13 heavy (non-hydrogen) atoms. The summed E-state index contributed by atoms with van der Waals surface area (Å²) in [5, 5.41) is 0. The van der Waals surface area contributed by atoms with Crippen LogP contribution in [-0.2, 0) is 6.54 Å². The lowest BCUT2D eigenvalue weighted by molar-refractivity contribution is 0.344. The van der Waals surface area contributed by atoms with Crippen LogP contribution in [0.25, 0.3) is 0 Å². The van der Waals surface area contributed by atoms with Gasteiger partial charge in [-0.3, -0.25) is 0 Å². The fourth-order valence-electron chi connectivity index (χ4n) is 1.13. The molecule has 0 fully saturated rings. The molecule has 0 bridgehead atoms. The lowest BCUT2D eigenvalue weighted by atomic mass is 10.2. The summed E-state index contributed by atoms with van der Waals surface area (Å²) >= 11 is 0. The Balaban J connectivity index is 2.77. The normalized spacial score (nSPS) is 10.8. The summed E-state index contributed by atoms with van der Waals surface area (Å²) < 4.78 is 12.6. The van der Waals surface area contributed by atoms with E-state index in [0.29, 0.717) is 0 Å². The molecule has 0 atom stereocenters. The predicted molar refractivity (Wildman–Crippen MR) is 50.9 cm³/mol. The zero-order chi connectivity index (χ0) is 9.84. The van der Waals surface area contributed by atoms with Crippen LogP contribution in [0.1, 0.15) is 18.2 Å². The fourth-order valence-corrected chi connectivity index (χ4v) is 1.13. The molecule has 0 N–H and O–H groups in total. The topological polar surface area (TPSA) is 16.1 Å². The van der Waals surface area contributed by atoms with Crippen LogP contribution in [0, 0.1) is 12.9 Å². The number of hydrogen-bond donors (Lipinski definition) is 0. The van der Waals surface area contributed by atoms with Crippen molar-refractivity contribution in [2.75, 3.05) is 13.6 Å². The van der Waals surface area contributed by atoms with Crippen molar-refractivity contribution in [1.29, 1.82) is 0 Å². The van der Waals surface area contributed by atoms with E-state index in [4.69, 9.17) is 0 Å². The van der Waals surface area contributed by atoms with Gasteiger partial charge in [-0.15, -0.1) is 0 Å². The Hall–Kier alpha value is -0.960. The summed E-state index contributed by atoms with van der Waals surface area (Å²) in [7, 11) is 2.03. The average molecular weight is 182 g/mol. The summed E-state index contributed by atoms with van der Waals surface area (Å²) in [5.74, 6) is -0.402. The largest absolute Gasteiger partial charge is 0.302 e. The van der Waals surface area contributed by atoms with E-state index < -0.39 is 5.95 Å². The average Bonchev–Trinajstić information content (AvgIpc) is 2.09. The Kier molecular flexibility index (Phi) is 3.37. The lowest BCUT2D eigenvalue weighted by Crippen LogP contribution is -2.17. The van der Waals surface area contributed by atoms with Crippen molar-refractivity contribution in [1.82, 2.24) is 9.88 Å². The van der Waals surface area contributed by atoms with Gasteiger partial charge in [0.2, 0.25) is 5.95 Å². The molecule has 0 aliphatic heterocycles. The van der Waals surface area contributed by atoms with Gasteiger partial charge in [-0.25, -0.2) is 4.98 Å². The highest BCUT2D eigenvalue weighted by Crippen LogP contribution is 2.08. The third kappa shape index (κ3) is 2.77. The first-order valence-electron chi connectivity index (χ1n) is 4.44. The summed E-state index contributed by atoms with van der Waals surface area (Å²) in [6.07, 6.45) is 0. The first-order chi connectivity index (χ1) is 6.13. The third-order valence-electron chi connectivity index (χ3n) is 2.14. The van der Waals surface area contributed by atoms with Gasteiger partial charge in [-0.05, 0) is 32.1 Å². The minimum Gasteiger partial charge on any atom is -0.302 e. The van der Waals surface area contributed by atoms with Crippen molar-refractivity contribution in [3.8, 4) is 0 Å². The van der Waals surface area contributed by atoms with E-state index in [0.717, 1.165) is 24.3 Å². The highest BCUT2D eigenvalue weighted by Gasteiger charge is 2.03. The van der Waals surface area contributed by atoms with E-state index in [1.807, 2.05) is 14.0 Å². The van der Waals surface area contributed by atoms with Gasteiger partial charge in [0.15, 0.2) is 0 Å². The van der Waals surface area contributed by atoms with E-state index in [2.05, 4.69) is 16.8 Å². The molecule has 0 amide bonds. The first kappa shape index (κ1) is 10.1. The van der Waals surface area contributed by atoms with Crippen molar-refractivity contribution in [3.05, 3.63) is 29.3 Å². The maximum atomic E-state index is 12.6. The molecule has 0 saturated heterocycles. The van der Waals surface area contributed by atoms with Gasteiger partial charge in [0.25, 0.3) is 0 Å². The number of rotatable bonds is 3. The Bertz CT molecular complexity index is 286. The number of nitrogens with zero attached hydrogens (tertiary/aromatic N) is 2. The quantitative estimate of drug-likeness (QED) is 0.664. The van der Waals surface area contributed by atoms with Gasteiger partial charge >= 0.3 is 0 Å². The van der Waals surface area contributed by atoms with E-state index in [1.54, 1.807) is 6.07 Å². The molecule has 2 nitrogen and oxygen atoms in total. The number of halogens is 1. The molecule has 0 saturated carbocycles. The Morgan fingerprint density at radius 3 is 2.69 bits per heavy atom. The molecule has 1 heterocycles. The van der Waals surface area contributed by atoms with E-state index in [9.17, 15) is 4.39 Å². The molecule has 0 aliphatic rings. The number of hydrogen-bond acceptors (Lipinski definition) is 2. The van der Waals surface area contributed by atoms with E-state index >= 15 is 0 Å². The fraction of sp³-hybridized carbons (Fsp3) is 0.500. The number of pyridine rings is 1. The molecule has 1 aromatic rings. The van der Waals surface area contributed by atoms with Gasteiger partial charge in [0.1, 0.15) is 0 Å². The van der Waals surface area contributed by atoms with Crippen LogP contribution in [0.15, 0.2) is 12.1 Å². The molecule has 0 aromatic carbocycles. The lowest BCUT2D eigenvalue weighted by Gasteiger charge is -2.14. The molecule has 72 valence electrons. The zero-order valence-corrected chi connectivity index (χ0v) is 8.34. The van der Waals surface area contributed by atoms with Gasteiger partial charge in [-0.2, -0.15) is 4.39 Å². The Morgan fingerprint density at radius 1 is 1.46 bits per heavy atom. The maximum Gasteiger partial charge on any atom is 0.213 e. The maximum absolute atomic E-state index is 12.6. The predicted octanol–water partition coefficient (Wildman–Crippen LogP) is 1.98. The van der Waals surface area contributed by atoms with Gasteiger partial charge < -0.3 is 4.90 Å². The highest BCUT2D eigenvalue weighted by molar-refractivity contribution is 5.18. The third-order valence-corrected chi connectivity index (χ3v) is 2.14. The van der Waals surface area contributed by atoms with E-state index in [1.165, 1.54) is 6.07 Å². The Morgan fingerprint density at radius 2 is 2.15 bits per heavy atom. The number of aromatic nitrogens is 1. The molecule has 0 aliphatic carbocycles. The second-order valence-corrected chi connectivity index (χ2v) is 3.21. The summed E-state index contributed by atoms with van der Waals surface area (Å²) in [5.41, 5.74) is 1.87. The van der Waals surface area contributed by atoms with Crippen molar-refractivity contribution in [3.63, 3.8) is 0 Å². The molecule has 0 radical (unpaired) electrons. The van der Waals surface area contributed by atoms with Gasteiger partial charge in [-0.1, -0.05) is 13.0 Å². The zero-order valence-electron chi connectivity index (χ0n) is 8.34. The van der Waals surface area contributed by atoms with Crippen molar-refractivity contribution < 1.29 is 4.39 Å². The van der Waals surface area contributed by atoms with Crippen LogP contribution in [0.3, 0.4) is 0 Å². The minimum atomic E-state index is -0.402. The Labute approximate surface area is 78.4 Å². The molecule has 3 heteroatoms. The van der Waals surface area contributed by atoms with Crippen molar-refractivity contribution in [2.45, 2.75) is 20.4 Å². The summed E-state index contributed by atoms with van der Waals surface area (Å²) in [4.78, 5) is 5.92.